The fraction of sp³-hybridized carbons (Fsp3) is 0. The standard InChI is InChI=1S/C16H12N2O/c19-16-9-5-4-8-14(16)15-10-13(11-17-18-15)12-6-2-1-3-7-12/h1-11,19H. The lowest BCUT2D eigenvalue weighted by Gasteiger charge is -2.05. The van der Waals surface area contributed by atoms with Crippen molar-refractivity contribution >= 4 is 0 Å². The molecule has 0 saturated heterocycles. The van der Waals surface area contributed by atoms with Gasteiger partial charge in [-0.2, -0.15) is 10.2 Å². The van der Waals surface area contributed by atoms with Gasteiger partial charge in [-0.3, -0.25) is 0 Å². The Bertz CT molecular complexity index is 696. The molecule has 0 bridgehead atoms. The first-order chi connectivity index (χ1) is 9.34. The third-order valence-corrected chi connectivity index (χ3v) is 2.94. The number of nitrogens with zero attached hydrogens (tertiary/aromatic N) is 2. The predicted octanol–water partition coefficient (Wildman–Crippen LogP) is 3.52. The van der Waals surface area contributed by atoms with Gasteiger partial charge in [-0.05, 0) is 23.8 Å². The summed E-state index contributed by atoms with van der Waals surface area (Å²) in [6.45, 7) is 0. The summed E-state index contributed by atoms with van der Waals surface area (Å²) in [4.78, 5) is 0. The van der Waals surface area contributed by atoms with Crippen molar-refractivity contribution in [1.29, 1.82) is 0 Å². The number of hydrogen-bond acceptors (Lipinski definition) is 3. The highest BCUT2D eigenvalue weighted by atomic mass is 16.3. The molecule has 0 aliphatic rings. The van der Waals surface area contributed by atoms with Crippen molar-refractivity contribution in [3.63, 3.8) is 0 Å². The van der Waals surface area contributed by atoms with E-state index in [1.807, 2.05) is 48.5 Å². The van der Waals surface area contributed by atoms with Gasteiger partial charge < -0.3 is 5.11 Å². The molecule has 3 rings (SSSR count). The van der Waals surface area contributed by atoms with Crippen LogP contribution in [-0.4, -0.2) is 15.3 Å². The van der Waals surface area contributed by atoms with Crippen molar-refractivity contribution in [3.8, 4) is 28.1 Å². The zero-order valence-electron chi connectivity index (χ0n) is 10.2. The maximum atomic E-state index is 9.86. The molecule has 1 heterocycles. The molecule has 3 nitrogen and oxygen atoms in total. The van der Waals surface area contributed by atoms with Crippen molar-refractivity contribution in [2.75, 3.05) is 0 Å². The first-order valence-corrected chi connectivity index (χ1v) is 6.01. The van der Waals surface area contributed by atoms with Gasteiger partial charge in [0.15, 0.2) is 0 Å². The van der Waals surface area contributed by atoms with Gasteiger partial charge in [0.25, 0.3) is 0 Å². The van der Waals surface area contributed by atoms with Crippen molar-refractivity contribution < 1.29 is 5.11 Å². The van der Waals surface area contributed by atoms with Gasteiger partial charge in [-0.1, -0.05) is 42.5 Å². The fourth-order valence-corrected chi connectivity index (χ4v) is 1.98. The minimum atomic E-state index is 0.210. The van der Waals surface area contributed by atoms with Gasteiger partial charge in [0.05, 0.1) is 11.9 Å². The van der Waals surface area contributed by atoms with Gasteiger partial charge in [0, 0.05) is 11.1 Å². The van der Waals surface area contributed by atoms with Gasteiger partial charge in [-0.25, -0.2) is 0 Å². The van der Waals surface area contributed by atoms with Crippen LogP contribution in [0.25, 0.3) is 22.4 Å². The van der Waals surface area contributed by atoms with Crippen LogP contribution in [-0.2, 0) is 0 Å². The molecule has 0 spiro atoms. The van der Waals surface area contributed by atoms with E-state index in [0.29, 0.717) is 11.3 Å². The highest BCUT2D eigenvalue weighted by molar-refractivity contribution is 5.72. The van der Waals surface area contributed by atoms with Gasteiger partial charge >= 0.3 is 0 Å². The molecule has 0 unspecified atom stereocenters. The first kappa shape index (κ1) is 11.4. The molecule has 92 valence electrons. The lowest BCUT2D eigenvalue weighted by Crippen LogP contribution is -1.89. The molecule has 3 heteroatoms. The summed E-state index contributed by atoms with van der Waals surface area (Å²) in [6.07, 6.45) is 1.72. The zero-order valence-corrected chi connectivity index (χ0v) is 10.2. The molecular formula is C16H12N2O. The summed E-state index contributed by atoms with van der Waals surface area (Å²) >= 11 is 0. The zero-order chi connectivity index (χ0) is 13.1. The van der Waals surface area contributed by atoms with Crippen LogP contribution < -0.4 is 0 Å². The smallest absolute Gasteiger partial charge is 0.125 e. The number of phenolic OH excluding ortho intramolecular Hbond substituents is 1. The molecule has 19 heavy (non-hydrogen) atoms. The number of benzene rings is 2. The third-order valence-electron chi connectivity index (χ3n) is 2.94. The van der Waals surface area contributed by atoms with Crippen LogP contribution in [0.15, 0.2) is 66.9 Å². The fourth-order valence-electron chi connectivity index (χ4n) is 1.98. The molecule has 0 saturated carbocycles. The normalized spacial score (nSPS) is 10.3. The van der Waals surface area contributed by atoms with Crippen LogP contribution in [0.4, 0.5) is 0 Å². The summed E-state index contributed by atoms with van der Waals surface area (Å²) in [6, 6.07) is 19.0. The third kappa shape index (κ3) is 2.31. The van der Waals surface area contributed by atoms with Crippen LogP contribution in [0.5, 0.6) is 5.75 Å². The average molecular weight is 248 g/mol. The van der Waals surface area contributed by atoms with E-state index in [-0.39, 0.29) is 5.75 Å². The van der Waals surface area contributed by atoms with Gasteiger partial charge in [0.2, 0.25) is 0 Å². The van der Waals surface area contributed by atoms with Crippen molar-refractivity contribution in [3.05, 3.63) is 66.9 Å². The van der Waals surface area contributed by atoms with Crippen molar-refractivity contribution in [2.45, 2.75) is 0 Å². The van der Waals surface area contributed by atoms with E-state index in [2.05, 4.69) is 10.2 Å². The van der Waals surface area contributed by atoms with Crippen LogP contribution in [0, 0.1) is 0 Å². The van der Waals surface area contributed by atoms with Gasteiger partial charge in [0.1, 0.15) is 5.75 Å². The Hall–Kier alpha value is -2.68. The van der Waals surface area contributed by atoms with Crippen molar-refractivity contribution in [2.24, 2.45) is 0 Å². The molecule has 0 atom stereocenters. The Kier molecular flexibility index (Phi) is 2.94. The minimum Gasteiger partial charge on any atom is -0.507 e. The van der Waals surface area contributed by atoms with Crippen LogP contribution in [0.1, 0.15) is 0 Å². The molecule has 1 N–H and O–H groups in total. The number of phenols is 1. The number of hydrogen-bond donors (Lipinski definition) is 1. The van der Waals surface area contributed by atoms with E-state index in [4.69, 9.17) is 0 Å². The molecule has 0 radical (unpaired) electrons. The highest BCUT2D eigenvalue weighted by Crippen LogP contribution is 2.29. The van der Waals surface area contributed by atoms with E-state index in [1.54, 1.807) is 18.3 Å². The summed E-state index contributed by atoms with van der Waals surface area (Å²) in [5, 5.41) is 18.0. The minimum absolute atomic E-state index is 0.210. The Balaban J connectivity index is 2.09. The molecule has 0 aliphatic carbocycles. The molecular weight excluding hydrogens is 236 g/mol. The molecule has 3 aromatic rings. The Morgan fingerprint density at radius 1 is 0.789 bits per heavy atom. The Morgan fingerprint density at radius 3 is 2.32 bits per heavy atom. The second-order valence-corrected chi connectivity index (χ2v) is 4.21. The largest absolute Gasteiger partial charge is 0.507 e. The first-order valence-electron chi connectivity index (χ1n) is 6.01. The number of para-hydroxylation sites is 1. The summed E-state index contributed by atoms with van der Waals surface area (Å²) in [5.74, 6) is 0.210. The average Bonchev–Trinajstić information content (AvgIpc) is 2.49. The molecule has 2 aromatic carbocycles. The van der Waals surface area contributed by atoms with Gasteiger partial charge in [-0.15, -0.1) is 0 Å². The summed E-state index contributed by atoms with van der Waals surface area (Å²) in [7, 11) is 0. The van der Waals surface area contributed by atoms with E-state index in [1.165, 1.54) is 0 Å². The summed E-state index contributed by atoms with van der Waals surface area (Å²) in [5.41, 5.74) is 3.41. The SMILES string of the molecule is Oc1ccccc1-c1cc(-c2ccccc2)cnn1. The van der Waals surface area contributed by atoms with E-state index in [0.717, 1.165) is 11.1 Å². The predicted molar refractivity (Wildman–Crippen MR) is 74.6 cm³/mol. The maximum Gasteiger partial charge on any atom is 0.125 e. The Labute approximate surface area is 111 Å². The lowest BCUT2D eigenvalue weighted by molar-refractivity contribution is 0.477. The maximum absolute atomic E-state index is 9.86. The van der Waals surface area contributed by atoms with E-state index < -0.39 is 0 Å². The Morgan fingerprint density at radius 2 is 1.53 bits per heavy atom. The lowest BCUT2D eigenvalue weighted by atomic mass is 10.0. The monoisotopic (exact) mass is 248 g/mol. The number of aromatic hydroxyl groups is 1. The molecule has 0 amide bonds. The molecule has 0 fully saturated rings. The number of rotatable bonds is 2. The molecule has 1 aromatic heterocycles. The van der Waals surface area contributed by atoms with Crippen molar-refractivity contribution in [1.82, 2.24) is 10.2 Å². The quantitative estimate of drug-likeness (QED) is 0.754. The molecule has 0 aliphatic heterocycles. The number of aromatic nitrogens is 2. The van der Waals surface area contributed by atoms with Crippen LogP contribution in [0.2, 0.25) is 0 Å². The topological polar surface area (TPSA) is 46.0 Å². The van der Waals surface area contributed by atoms with E-state index >= 15 is 0 Å². The second-order valence-electron chi connectivity index (χ2n) is 4.21. The highest BCUT2D eigenvalue weighted by Gasteiger charge is 2.07. The van der Waals surface area contributed by atoms with E-state index in [9.17, 15) is 5.11 Å². The summed E-state index contributed by atoms with van der Waals surface area (Å²) < 4.78 is 0. The second kappa shape index (κ2) is 4.90. The van der Waals surface area contributed by atoms with Crippen LogP contribution >= 0.6 is 0 Å². The van der Waals surface area contributed by atoms with Crippen LogP contribution in [0.3, 0.4) is 0 Å².